The van der Waals surface area contributed by atoms with Crippen LogP contribution in [-0.2, 0) is 9.53 Å². The largest absolute Gasteiger partial charge is 0.465 e. The molecule has 1 aliphatic rings. The van der Waals surface area contributed by atoms with E-state index in [9.17, 15) is 4.79 Å². The van der Waals surface area contributed by atoms with Crippen LogP contribution in [0, 0.1) is 5.41 Å². The Kier molecular flexibility index (Phi) is 5.33. The highest BCUT2D eigenvalue weighted by Crippen LogP contribution is 2.31. The summed E-state index contributed by atoms with van der Waals surface area (Å²) in [7, 11) is 0. The molecule has 0 bridgehead atoms. The summed E-state index contributed by atoms with van der Waals surface area (Å²) in [6, 6.07) is 10.1. The van der Waals surface area contributed by atoms with Crippen LogP contribution in [0.5, 0.6) is 0 Å². The van der Waals surface area contributed by atoms with Crippen LogP contribution < -0.4 is 0 Å². The van der Waals surface area contributed by atoms with Gasteiger partial charge in [-0.2, -0.15) is 0 Å². The molecule has 2 nitrogen and oxygen atoms in total. The van der Waals surface area contributed by atoms with Gasteiger partial charge in [0.05, 0.1) is 6.61 Å². The van der Waals surface area contributed by atoms with Crippen molar-refractivity contribution in [3.8, 4) is 0 Å². The summed E-state index contributed by atoms with van der Waals surface area (Å²) in [6.45, 7) is 2.22. The third-order valence-electron chi connectivity index (χ3n) is 3.34. The molecule has 0 saturated heterocycles. The van der Waals surface area contributed by atoms with Gasteiger partial charge in [0.2, 0.25) is 0 Å². The highest BCUT2D eigenvalue weighted by Gasteiger charge is 2.34. The summed E-state index contributed by atoms with van der Waals surface area (Å²) >= 11 is 0. The van der Waals surface area contributed by atoms with E-state index in [1.807, 2.05) is 85.9 Å². The van der Waals surface area contributed by atoms with Gasteiger partial charge in [-0.3, -0.25) is 4.79 Å². The lowest BCUT2D eigenvalue weighted by molar-refractivity contribution is -0.149. The molecular formula is C19H20O2. The molecule has 2 rings (SSSR count). The molecule has 0 fully saturated rings. The average molecular weight is 280 g/mol. The maximum absolute atomic E-state index is 12.2. The summed E-state index contributed by atoms with van der Waals surface area (Å²) in [4.78, 5) is 12.2. The number of hydrogen-bond acceptors (Lipinski definition) is 2. The molecule has 0 N–H and O–H groups in total. The monoisotopic (exact) mass is 280 g/mol. The standard InChI is InChI=1S/C19H20O2/c1-2-21-18(20)19(14-8-4-9-15-19)16-10-7-13-17-11-5-3-6-12-17/h3-14,16H,2,15H2,1H3. The fourth-order valence-electron chi connectivity index (χ4n) is 2.20. The number of benzene rings is 1. The fourth-order valence-corrected chi connectivity index (χ4v) is 2.20. The number of ether oxygens (including phenoxy) is 1. The highest BCUT2D eigenvalue weighted by molar-refractivity contribution is 5.82. The quantitative estimate of drug-likeness (QED) is 0.593. The second-order valence-corrected chi connectivity index (χ2v) is 4.88. The van der Waals surface area contributed by atoms with Crippen molar-refractivity contribution in [3.63, 3.8) is 0 Å². The first-order valence-electron chi connectivity index (χ1n) is 7.19. The van der Waals surface area contributed by atoms with Crippen LogP contribution in [0.2, 0.25) is 0 Å². The molecule has 0 heterocycles. The SMILES string of the molecule is CCOC(=O)C1(C=CC=Cc2ccccc2)C=CC=CC1. The molecule has 0 spiro atoms. The van der Waals surface area contributed by atoms with Crippen molar-refractivity contribution in [2.75, 3.05) is 6.61 Å². The van der Waals surface area contributed by atoms with E-state index in [-0.39, 0.29) is 5.97 Å². The maximum atomic E-state index is 12.2. The van der Waals surface area contributed by atoms with E-state index in [0.29, 0.717) is 13.0 Å². The van der Waals surface area contributed by atoms with E-state index < -0.39 is 5.41 Å². The summed E-state index contributed by atoms with van der Waals surface area (Å²) in [5.74, 6) is -0.199. The van der Waals surface area contributed by atoms with Crippen LogP contribution in [0.25, 0.3) is 6.08 Å². The van der Waals surface area contributed by atoms with Gasteiger partial charge in [-0.15, -0.1) is 0 Å². The van der Waals surface area contributed by atoms with Crippen LogP contribution in [0.4, 0.5) is 0 Å². The van der Waals surface area contributed by atoms with E-state index in [1.54, 1.807) is 0 Å². The van der Waals surface area contributed by atoms with E-state index in [2.05, 4.69) is 0 Å². The van der Waals surface area contributed by atoms with E-state index >= 15 is 0 Å². The topological polar surface area (TPSA) is 26.3 Å². The average Bonchev–Trinajstić information content (AvgIpc) is 2.54. The molecule has 0 aromatic heterocycles. The van der Waals surface area contributed by atoms with Gasteiger partial charge in [-0.25, -0.2) is 0 Å². The molecule has 1 aromatic rings. The molecule has 108 valence electrons. The summed E-state index contributed by atoms with van der Waals surface area (Å²) < 4.78 is 5.20. The van der Waals surface area contributed by atoms with Gasteiger partial charge in [0.1, 0.15) is 5.41 Å². The minimum Gasteiger partial charge on any atom is -0.465 e. The van der Waals surface area contributed by atoms with Gasteiger partial charge in [0, 0.05) is 0 Å². The van der Waals surface area contributed by atoms with Gasteiger partial charge < -0.3 is 4.74 Å². The Balaban J connectivity index is 2.10. The summed E-state index contributed by atoms with van der Waals surface area (Å²) in [5.41, 5.74) is 0.456. The van der Waals surface area contributed by atoms with Gasteiger partial charge in [-0.1, -0.05) is 78.9 Å². The van der Waals surface area contributed by atoms with Crippen molar-refractivity contribution in [2.24, 2.45) is 5.41 Å². The van der Waals surface area contributed by atoms with E-state index in [1.165, 1.54) is 0 Å². The molecule has 1 aliphatic carbocycles. The first-order valence-corrected chi connectivity index (χ1v) is 7.19. The second-order valence-electron chi connectivity index (χ2n) is 4.88. The normalized spacial score (nSPS) is 21.2. The third kappa shape index (κ3) is 4.06. The molecule has 2 heteroatoms. The van der Waals surface area contributed by atoms with Gasteiger partial charge in [0.25, 0.3) is 0 Å². The lowest BCUT2D eigenvalue weighted by atomic mass is 9.81. The van der Waals surface area contributed by atoms with Crippen LogP contribution >= 0.6 is 0 Å². The number of carbonyl (C=O) groups excluding carboxylic acids is 1. The molecule has 1 atom stereocenters. The Bertz CT molecular complexity index is 579. The minimum atomic E-state index is -0.675. The fraction of sp³-hybridized carbons (Fsp3) is 0.211. The van der Waals surface area contributed by atoms with Crippen LogP contribution in [-0.4, -0.2) is 12.6 Å². The zero-order valence-electron chi connectivity index (χ0n) is 12.2. The number of carbonyl (C=O) groups is 1. The molecule has 21 heavy (non-hydrogen) atoms. The van der Waals surface area contributed by atoms with Crippen LogP contribution in [0.1, 0.15) is 18.9 Å². The first-order chi connectivity index (χ1) is 10.3. The van der Waals surface area contributed by atoms with Crippen molar-refractivity contribution >= 4 is 12.0 Å². The van der Waals surface area contributed by atoms with Gasteiger partial charge in [0.15, 0.2) is 0 Å². The number of allylic oxidation sites excluding steroid dienone is 5. The zero-order chi connectivity index (χ0) is 15.0. The Morgan fingerprint density at radius 1 is 1.24 bits per heavy atom. The number of esters is 1. The number of rotatable bonds is 5. The van der Waals surface area contributed by atoms with E-state index in [4.69, 9.17) is 4.74 Å². The van der Waals surface area contributed by atoms with Crippen molar-refractivity contribution in [3.05, 3.63) is 78.4 Å². The molecule has 1 aromatic carbocycles. The van der Waals surface area contributed by atoms with Crippen molar-refractivity contribution in [2.45, 2.75) is 13.3 Å². The lowest BCUT2D eigenvalue weighted by Crippen LogP contribution is -2.29. The first kappa shape index (κ1) is 15.0. The Morgan fingerprint density at radius 2 is 2.05 bits per heavy atom. The smallest absolute Gasteiger partial charge is 0.320 e. The molecule has 0 amide bonds. The Labute approximate surface area is 126 Å². The van der Waals surface area contributed by atoms with Crippen molar-refractivity contribution < 1.29 is 9.53 Å². The predicted octanol–water partition coefficient (Wildman–Crippen LogP) is 4.32. The van der Waals surface area contributed by atoms with Crippen molar-refractivity contribution in [1.82, 2.24) is 0 Å². The zero-order valence-corrected chi connectivity index (χ0v) is 12.2. The van der Waals surface area contributed by atoms with E-state index in [0.717, 1.165) is 5.56 Å². The Hall–Kier alpha value is -2.35. The highest BCUT2D eigenvalue weighted by atomic mass is 16.5. The van der Waals surface area contributed by atoms with Gasteiger partial charge >= 0.3 is 5.97 Å². The van der Waals surface area contributed by atoms with Crippen LogP contribution in [0.3, 0.4) is 0 Å². The lowest BCUT2D eigenvalue weighted by Gasteiger charge is -2.25. The second kappa shape index (κ2) is 7.44. The molecule has 1 unspecified atom stereocenters. The summed E-state index contributed by atoms with van der Waals surface area (Å²) in [6.07, 6.45) is 16.1. The predicted molar refractivity (Wildman–Crippen MR) is 86.6 cm³/mol. The molecule has 0 radical (unpaired) electrons. The molecule has 0 aliphatic heterocycles. The van der Waals surface area contributed by atoms with Crippen molar-refractivity contribution in [1.29, 1.82) is 0 Å². The summed E-state index contributed by atoms with van der Waals surface area (Å²) in [5, 5.41) is 0. The molecular weight excluding hydrogens is 260 g/mol. The van der Waals surface area contributed by atoms with Crippen LogP contribution in [0.15, 0.2) is 72.9 Å². The maximum Gasteiger partial charge on any atom is 0.320 e. The number of hydrogen-bond donors (Lipinski definition) is 0. The van der Waals surface area contributed by atoms with Gasteiger partial charge in [-0.05, 0) is 18.9 Å². The minimum absolute atomic E-state index is 0.199. The Morgan fingerprint density at radius 3 is 2.71 bits per heavy atom. The third-order valence-corrected chi connectivity index (χ3v) is 3.34. The molecule has 0 saturated carbocycles.